The van der Waals surface area contributed by atoms with Crippen LogP contribution in [-0.4, -0.2) is 6.54 Å². The van der Waals surface area contributed by atoms with E-state index in [-0.39, 0.29) is 11.9 Å². The summed E-state index contributed by atoms with van der Waals surface area (Å²) in [6, 6.07) is 13.3. The number of hydrogen-bond acceptors (Lipinski definition) is 2. The average Bonchev–Trinajstić information content (AvgIpc) is 2.45. The van der Waals surface area contributed by atoms with Gasteiger partial charge in [-0.25, -0.2) is 4.39 Å². The van der Waals surface area contributed by atoms with E-state index in [1.54, 1.807) is 6.07 Å². The van der Waals surface area contributed by atoms with Gasteiger partial charge in [-0.15, -0.1) is 0 Å². The van der Waals surface area contributed by atoms with Crippen molar-refractivity contribution in [3.63, 3.8) is 0 Å². The average molecular weight is 284 g/mol. The number of para-hydroxylation sites is 1. The van der Waals surface area contributed by atoms with E-state index in [0.717, 1.165) is 18.7 Å². The molecule has 2 N–H and O–H groups in total. The van der Waals surface area contributed by atoms with E-state index in [0.29, 0.717) is 11.5 Å². The van der Waals surface area contributed by atoms with E-state index < -0.39 is 0 Å². The van der Waals surface area contributed by atoms with Crippen molar-refractivity contribution in [1.82, 2.24) is 0 Å². The summed E-state index contributed by atoms with van der Waals surface area (Å²) >= 11 is 0. The fraction of sp³-hybridized carbons (Fsp3) is 0.333. The fourth-order valence-corrected chi connectivity index (χ4v) is 3.24. The Morgan fingerprint density at radius 1 is 1.14 bits per heavy atom. The maximum Gasteiger partial charge on any atom is 0.130 e. The van der Waals surface area contributed by atoms with Gasteiger partial charge in [-0.3, -0.25) is 0 Å². The lowest BCUT2D eigenvalue weighted by molar-refractivity contribution is 0.555. The highest BCUT2D eigenvalue weighted by Gasteiger charge is 2.25. The Labute approximate surface area is 125 Å². The lowest BCUT2D eigenvalue weighted by atomic mass is 9.92. The van der Waals surface area contributed by atoms with Gasteiger partial charge in [-0.2, -0.15) is 0 Å². The second kappa shape index (κ2) is 5.49. The molecule has 0 radical (unpaired) electrons. The molecular weight excluding hydrogens is 263 g/mol. The number of rotatable bonds is 2. The predicted molar refractivity (Wildman–Crippen MR) is 85.3 cm³/mol. The first-order valence-electron chi connectivity index (χ1n) is 7.47. The molecule has 0 spiro atoms. The maximum absolute atomic E-state index is 14.2. The number of benzene rings is 2. The van der Waals surface area contributed by atoms with Crippen LogP contribution in [-0.2, 0) is 6.42 Å². The van der Waals surface area contributed by atoms with Crippen LogP contribution >= 0.6 is 0 Å². The van der Waals surface area contributed by atoms with E-state index >= 15 is 0 Å². The van der Waals surface area contributed by atoms with Crippen LogP contribution in [0.3, 0.4) is 0 Å². The number of nitrogens with two attached hydrogens (primary N) is 1. The zero-order chi connectivity index (χ0) is 15.0. The second-order valence-corrected chi connectivity index (χ2v) is 6.01. The lowest BCUT2D eigenvalue weighted by Gasteiger charge is -2.36. The van der Waals surface area contributed by atoms with Crippen molar-refractivity contribution in [2.24, 2.45) is 11.7 Å². The molecule has 0 saturated carbocycles. The van der Waals surface area contributed by atoms with Crippen LogP contribution in [0.2, 0.25) is 0 Å². The summed E-state index contributed by atoms with van der Waals surface area (Å²) in [5.74, 6) is 0.308. The summed E-state index contributed by atoms with van der Waals surface area (Å²) in [5.41, 5.74) is 9.99. The van der Waals surface area contributed by atoms with Crippen LogP contribution in [0.1, 0.15) is 31.0 Å². The minimum Gasteiger partial charge on any atom is -0.341 e. The highest BCUT2D eigenvalue weighted by atomic mass is 19.1. The van der Waals surface area contributed by atoms with Gasteiger partial charge in [0, 0.05) is 29.5 Å². The van der Waals surface area contributed by atoms with Crippen LogP contribution in [0.15, 0.2) is 42.5 Å². The molecule has 2 nitrogen and oxygen atoms in total. The molecule has 1 unspecified atom stereocenters. The van der Waals surface area contributed by atoms with Crippen LogP contribution in [0.5, 0.6) is 0 Å². The molecule has 21 heavy (non-hydrogen) atoms. The van der Waals surface area contributed by atoms with Gasteiger partial charge in [0.15, 0.2) is 0 Å². The second-order valence-electron chi connectivity index (χ2n) is 6.01. The van der Waals surface area contributed by atoms with Gasteiger partial charge in [0.2, 0.25) is 0 Å². The Kier molecular flexibility index (Phi) is 3.68. The molecule has 0 amide bonds. The molecule has 1 aliphatic rings. The largest absolute Gasteiger partial charge is 0.341 e. The summed E-state index contributed by atoms with van der Waals surface area (Å²) in [5, 5.41) is 0. The topological polar surface area (TPSA) is 29.3 Å². The van der Waals surface area contributed by atoms with Crippen LogP contribution in [0, 0.1) is 11.7 Å². The maximum atomic E-state index is 14.2. The zero-order valence-corrected chi connectivity index (χ0v) is 12.5. The molecule has 3 rings (SSSR count). The molecule has 2 atom stereocenters. The Morgan fingerprint density at radius 2 is 1.86 bits per heavy atom. The minimum absolute atomic E-state index is 0.224. The predicted octanol–water partition coefficient (Wildman–Crippen LogP) is 4.18. The van der Waals surface area contributed by atoms with Crippen LogP contribution in [0.4, 0.5) is 15.8 Å². The Balaban J connectivity index is 2.15. The van der Waals surface area contributed by atoms with Gasteiger partial charge in [0.1, 0.15) is 5.82 Å². The molecule has 3 heteroatoms. The molecule has 0 bridgehead atoms. The smallest absolute Gasteiger partial charge is 0.130 e. The molecule has 0 saturated heterocycles. The summed E-state index contributed by atoms with van der Waals surface area (Å²) in [6.07, 6.45) is 1.06. The minimum atomic E-state index is -0.328. The van der Waals surface area contributed by atoms with E-state index in [1.807, 2.05) is 19.1 Å². The van der Waals surface area contributed by atoms with Crippen molar-refractivity contribution in [3.8, 4) is 0 Å². The number of fused-ring (bicyclic) bond motifs is 1. The monoisotopic (exact) mass is 284 g/mol. The van der Waals surface area contributed by atoms with E-state index in [2.05, 4.69) is 30.0 Å². The highest BCUT2D eigenvalue weighted by molar-refractivity contribution is 5.71. The molecular formula is C18H21FN2. The van der Waals surface area contributed by atoms with Gasteiger partial charge in [0.05, 0.1) is 0 Å². The molecule has 2 aromatic carbocycles. The molecule has 0 fully saturated rings. The van der Waals surface area contributed by atoms with Crippen molar-refractivity contribution >= 4 is 11.4 Å². The van der Waals surface area contributed by atoms with Gasteiger partial charge >= 0.3 is 0 Å². The third-order valence-electron chi connectivity index (χ3n) is 4.12. The molecule has 0 aromatic heterocycles. The number of halogens is 1. The molecule has 2 aromatic rings. The molecule has 1 heterocycles. The van der Waals surface area contributed by atoms with E-state index in [4.69, 9.17) is 5.73 Å². The SMILES string of the molecule is CC1Cc2ccccc2N(c2cccc(F)c2[C@@H](C)N)C1. The number of anilines is 2. The number of hydrogen-bond donors (Lipinski definition) is 1. The standard InChI is InChI=1S/C18H21FN2/c1-12-10-14-6-3-4-8-16(14)21(11-12)17-9-5-7-15(19)18(17)13(2)20/h3-9,12-13H,10-11,20H2,1-2H3/t12?,13-/m1/s1. The Morgan fingerprint density at radius 3 is 2.62 bits per heavy atom. The summed E-state index contributed by atoms with van der Waals surface area (Å²) in [7, 11) is 0. The van der Waals surface area contributed by atoms with Gasteiger partial charge in [0.25, 0.3) is 0 Å². The van der Waals surface area contributed by atoms with Gasteiger partial charge < -0.3 is 10.6 Å². The Bertz CT molecular complexity index is 651. The van der Waals surface area contributed by atoms with Crippen molar-refractivity contribution in [2.45, 2.75) is 26.3 Å². The van der Waals surface area contributed by atoms with Gasteiger partial charge in [-0.05, 0) is 43.0 Å². The first-order chi connectivity index (χ1) is 10.1. The van der Waals surface area contributed by atoms with Crippen LogP contribution in [0.25, 0.3) is 0 Å². The normalized spacial score (nSPS) is 19.2. The molecule has 0 aliphatic carbocycles. The summed E-state index contributed by atoms with van der Waals surface area (Å²) in [4.78, 5) is 2.21. The third kappa shape index (κ3) is 2.54. The van der Waals surface area contributed by atoms with Crippen molar-refractivity contribution in [2.75, 3.05) is 11.4 Å². The first-order valence-corrected chi connectivity index (χ1v) is 7.47. The lowest BCUT2D eigenvalue weighted by Crippen LogP contribution is -2.31. The highest BCUT2D eigenvalue weighted by Crippen LogP contribution is 2.38. The molecule has 1 aliphatic heterocycles. The zero-order valence-electron chi connectivity index (χ0n) is 12.5. The quantitative estimate of drug-likeness (QED) is 0.896. The first kappa shape index (κ1) is 14.1. The van der Waals surface area contributed by atoms with Crippen molar-refractivity contribution in [1.29, 1.82) is 0 Å². The van der Waals surface area contributed by atoms with Crippen molar-refractivity contribution in [3.05, 3.63) is 59.4 Å². The van der Waals surface area contributed by atoms with Crippen molar-refractivity contribution < 1.29 is 4.39 Å². The summed E-state index contributed by atoms with van der Waals surface area (Å²) in [6.45, 7) is 4.95. The third-order valence-corrected chi connectivity index (χ3v) is 4.12. The van der Waals surface area contributed by atoms with Gasteiger partial charge in [-0.1, -0.05) is 31.2 Å². The number of nitrogens with zero attached hydrogens (tertiary/aromatic N) is 1. The summed E-state index contributed by atoms with van der Waals surface area (Å²) < 4.78 is 14.2. The molecule has 110 valence electrons. The Hall–Kier alpha value is -1.87. The van der Waals surface area contributed by atoms with Crippen LogP contribution < -0.4 is 10.6 Å². The van der Waals surface area contributed by atoms with E-state index in [1.165, 1.54) is 17.3 Å². The van der Waals surface area contributed by atoms with E-state index in [9.17, 15) is 4.39 Å². The fourth-order valence-electron chi connectivity index (χ4n) is 3.24.